The summed E-state index contributed by atoms with van der Waals surface area (Å²) in [5, 5.41) is 12.4. The average molecular weight is 286 g/mol. The zero-order valence-electron chi connectivity index (χ0n) is 11.8. The number of hydrogen-bond acceptors (Lipinski definition) is 2. The van der Waals surface area contributed by atoms with Gasteiger partial charge < -0.3 is 10.4 Å². The Hall–Kier alpha value is -0.280. The van der Waals surface area contributed by atoms with E-state index in [2.05, 4.69) is 5.32 Å². The largest absolute Gasteiger partial charge is 0.394 e. The molecule has 0 saturated heterocycles. The fraction of sp³-hybridized carbons (Fsp3) is 0.933. The Bertz CT molecular complexity index is 393. The normalized spacial score (nSPS) is 44.4. The van der Waals surface area contributed by atoms with Gasteiger partial charge in [-0.2, -0.15) is 0 Å². The summed E-state index contributed by atoms with van der Waals surface area (Å²) in [6.07, 6.45) is 6.23. The van der Waals surface area contributed by atoms with E-state index in [0.29, 0.717) is 11.8 Å². The van der Waals surface area contributed by atoms with Crippen LogP contribution in [0.15, 0.2) is 0 Å². The molecule has 4 rings (SSSR count). The van der Waals surface area contributed by atoms with Crippen molar-refractivity contribution >= 4 is 17.5 Å². The van der Waals surface area contributed by atoms with Gasteiger partial charge in [0.1, 0.15) is 0 Å². The van der Waals surface area contributed by atoms with Crippen molar-refractivity contribution in [1.29, 1.82) is 0 Å². The zero-order chi connectivity index (χ0) is 13.9. The number of carbonyl (C=O) groups is 1. The van der Waals surface area contributed by atoms with Crippen LogP contribution < -0.4 is 5.32 Å². The molecule has 4 aliphatic carbocycles. The average Bonchev–Trinajstić information content (AvgIpc) is 2.25. The second-order valence-electron chi connectivity index (χ2n) is 7.89. The number of amides is 1. The zero-order valence-corrected chi connectivity index (χ0v) is 12.6. The van der Waals surface area contributed by atoms with E-state index in [1.165, 1.54) is 6.42 Å². The predicted octanol–water partition coefficient (Wildman–Crippen LogP) is 2.45. The van der Waals surface area contributed by atoms with E-state index >= 15 is 0 Å². The van der Waals surface area contributed by atoms with Crippen molar-refractivity contribution < 1.29 is 9.90 Å². The summed E-state index contributed by atoms with van der Waals surface area (Å²) in [6, 6.07) is 0. The number of aliphatic hydroxyl groups excluding tert-OH is 1. The highest BCUT2D eigenvalue weighted by Gasteiger charge is 2.60. The maximum atomic E-state index is 12.7. The fourth-order valence-electron chi connectivity index (χ4n) is 4.90. The summed E-state index contributed by atoms with van der Waals surface area (Å²) >= 11 is 6.74. The lowest BCUT2D eigenvalue weighted by Gasteiger charge is -2.59. The van der Waals surface area contributed by atoms with E-state index in [4.69, 9.17) is 11.6 Å². The molecule has 4 bridgehead atoms. The van der Waals surface area contributed by atoms with Crippen LogP contribution in [0.1, 0.15) is 52.4 Å². The van der Waals surface area contributed by atoms with Gasteiger partial charge in [0.25, 0.3) is 0 Å². The molecule has 0 aromatic heterocycles. The van der Waals surface area contributed by atoms with Gasteiger partial charge in [0.15, 0.2) is 0 Å². The highest BCUT2D eigenvalue weighted by molar-refractivity contribution is 6.24. The van der Waals surface area contributed by atoms with Crippen LogP contribution in [0.25, 0.3) is 0 Å². The number of aliphatic hydroxyl groups is 1. The lowest BCUT2D eigenvalue weighted by molar-refractivity contribution is -0.146. The number of nitrogens with one attached hydrogen (secondary N) is 1. The van der Waals surface area contributed by atoms with E-state index in [1.807, 2.05) is 13.8 Å². The minimum Gasteiger partial charge on any atom is -0.394 e. The van der Waals surface area contributed by atoms with E-state index in [0.717, 1.165) is 32.1 Å². The Balaban J connectivity index is 1.82. The van der Waals surface area contributed by atoms with Gasteiger partial charge in [0, 0.05) is 4.87 Å². The van der Waals surface area contributed by atoms with Gasteiger partial charge in [0.2, 0.25) is 5.91 Å². The minimum atomic E-state index is -0.542. The van der Waals surface area contributed by atoms with Gasteiger partial charge >= 0.3 is 0 Å². The fourth-order valence-corrected chi connectivity index (χ4v) is 5.59. The molecular formula is C15H24ClNO2. The van der Waals surface area contributed by atoms with Crippen molar-refractivity contribution in [1.82, 2.24) is 5.32 Å². The summed E-state index contributed by atoms with van der Waals surface area (Å²) in [5.41, 5.74) is -0.807. The molecule has 0 aromatic rings. The predicted molar refractivity (Wildman–Crippen MR) is 75.0 cm³/mol. The third kappa shape index (κ3) is 2.29. The summed E-state index contributed by atoms with van der Waals surface area (Å²) in [4.78, 5) is 12.6. The van der Waals surface area contributed by atoms with Gasteiger partial charge in [-0.1, -0.05) is 0 Å². The van der Waals surface area contributed by atoms with Gasteiger partial charge in [-0.05, 0) is 64.2 Å². The number of halogens is 1. The standard InChI is InChI=1S/C15H24ClNO2/c1-13(2,9-18)17-12(19)14-4-10-3-11(5-14)7-15(16,6-10)8-14/h10-11,18H,3-9H2,1-2H3,(H,17,19)/t10-,11+,14?,15?. The molecule has 4 fully saturated rings. The highest BCUT2D eigenvalue weighted by Crippen LogP contribution is 2.63. The highest BCUT2D eigenvalue weighted by atomic mass is 35.5. The molecule has 4 aliphatic rings. The molecular weight excluding hydrogens is 262 g/mol. The third-order valence-corrected chi connectivity index (χ3v) is 5.76. The van der Waals surface area contributed by atoms with E-state index in [1.54, 1.807) is 0 Å². The smallest absolute Gasteiger partial charge is 0.226 e. The first-order chi connectivity index (χ1) is 8.76. The Morgan fingerprint density at radius 3 is 2.37 bits per heavy atom. The Morgan fingerprint density at radius 1 is 1.32 bits per heavy atom. The van der Waals surface area contributed by atoms with Crippen molar-refractivity contribution in [2.75, 3.05) is 6.61 Å². The molecule has 0 aromatic carbocycles. The Morgan fingerprint density at radius 2 is 1.89 bits per heavy atom. The molecule has 0 spiro atoms. The van der Waals surface area contributed by atoms with Crippen LogP contribution >= 0.6 is 11.6 Å². The maximum absolute atomic E-state index is 12.7. The Labute approximate surface area is 120 Å². The molecule has 2 unspecified atom stereocenters. The van der Waals surface area contributed by atoms with E-state index in [9.17, 15) is 9.90 Å². The number of carbonyl (C=O) groups excluding carboxylic acids is 1. The summed E-state index contributed by atoms with van der Waals surface area (Å²) in [5.74, 6) is 1.37. The lowest BCUT2D eigenvalue weighted by atomic mass is 9.49. The van der Waals surface area contributed by atoms with Crippen LogP contribution in [0.3, 0.4) is 0 Å². The van der Waals surface area contributed by atoms with E-state index in [-0.39, 0.29) is 22.8 Å². The van der Waals surface area contributed by atoms with Gasteiger partial charge in [0.05, 0.1) is 17.6 Å². The monoisotopic (exact) mass is 285 g/mol. The van der Waals surface area contributed by atoms with Gasteiger partial charge in [-0.25, -0.2) is 0 Å². The summed E-state index contributed by atoms with van der Waals surface area (Å²) in [7, 11) is 0. The molecule has 4 atom stereocenters. The minimum absolute atomic E-state index is 0.0340. The first kappa shape index (κ1) is 13.7. The quantitative estimate of drug-likeness (QED) is 0.783. The number of rotatable bonds is 3. The molecule has 1 amide bonds. The van der Waals surface area contributed by atoms with Crippen molar-refractivity contribution in [3.05, 3.63) is 0 Å². The van der Waals surface area contributed by atoms with Crippen molar-refractivity contribution in [2.45, 2.75) is 62.8 Å². The molecule has 0 aliphatic heterocycles. The van der Waals surface area contributed by atoms with Gasteiger partial charge in [-0.15, -0.1) is 11.6 Å². The molecule has 2 N–H and O–H groups in total. The van der Waals surface area contributed by atoms with Crippen LogP contribution in [-0.2, 0) is 4.79 Å². The molecule has 19 heavy (non-hydrogen) atoms. The van der Waals surface area contributed by atoms with Crippen molar-refractivity contribution in [3.63, 3.8) is 0 Å². The summed E-state index contributed by atoms with van der Waals surface area (Å²) < 4.78 is 0. The van der Waals surface area contributed by atoms with Crippen LogP contribution in [-0.4, -0.2) is 28.0 Å². The van der Waals surface area contributed by atoms with Gasteiger partial charge in [-0.3, -0.25) is 4.79 Å². The molecule has 3 nitrogen and oxygen atoms in total. The SMILES string of the molecule is CC(C)(CO)NC(=O)C12C[C@@H]3C[C@@H](CC(Cl)(C3)C1)C2. The van der Waals surface area contributed by atoms with Crippen molar-refractivity contribution in [2.24, 2.45) is 17.3 Å². The summed E-state index contributed by atoms with van der Waals surface area (Å²) in [6.45, 7) is 3.69. The molecule has 108 valence electrons. The molecule has 4 heteroatoms. The van der Waals surface area contributed by atoms with E-state index < -0.39 is 5.54 Å². The number of alkyl halides is 1. The van der Waals surface area contributed by atoms with Crippen LogP contribution in [0.5, 0.6) is 0 Å². The first-order valence-electron chi connectivity index (χ1n) is 7.38. The van der Waals surface area contributed by atoms with Crippen LogP contribution in [0.2, 0.25) is 0 Å². The third-order valence-electron chi connectivity index (χ3n) is 5.32. The molecule has 0 heterocycles. The van der Waals surface area contributed by atoms with Crippen molar-refractivity contribution in [3.8, 4) is 0 Å². The lowest BCUT2D eigenvalue weighted by Crippen LogP contribution is -2.61. The molecule has 0 radical (unpaired) electrons. The number of hydrogen-bond donors (Lipinski definition) is 2. The van der Waals surface area contributed by atoms with Crippen LogP contribution in [0, 0.1) is 17.3 Å². The second-order valence-corrected chi connectivity index (χ2v) is 8.69. The first-order valence-corrected chi connectivity index (χ1v) is 7.76. The topological polar surface area (TPSA) is 49.3 Å². The Kier molecular flexibility index (Phi) is 2.96. The second kappa shape index (κ2) is 4.11. The maximum Gasteiger partial charge on any atom is 0.226 e. The molecule has 4 saturated carbocycles. The van der Waals surface area contributed by atoms with Crippen LogP contribution in [0.4, 0.5) is 0 Å².